The average Bonchev–Trinajstić information content (AvgIpc) is 2.67. The molecule has 6 nitrogen and oxygen atoms in total. The van der Waals surface area contributed by atoms with Crippen LogP contribution in [0.25, 0.3) is 0 Å². The second-order valence-corrected chi connectivity index (χ2v) is 4.90. The van der Waals surface area contributed by atoms with Crippen molar-refractivity contribution < 1.29 is 14.3 Å². The fourth-order valence-corrected chi connectivity index (χ4v) is 2.16. The van der Waals surface area contributed by atoms with Gasteiger partial charge < -0.3 is 20.7 Å². The Labute approximate surface area is 126 Å². The molecule has 2 amide bonds. The van der Waals surface area contributed by atoms with Crippen molar-refractivity contribution in [3.63, 3.8) is 0 Å². The Hall–Kier alpha value is -0.850. The number of hydrogen-bond acceptors (Lipinski definition) is 4. The number of carbonyl (C=O) groups excluding carboxylic acids is 2. The van der Waals surface area contributed by atoms with Gasteiger partial charge >= 0.3 is 0 Å². The molecule has 1 atom stereocenters. The molecule has 118 valence electrons. The summed E-state index contributed by atoms with van der Waals surface area (Å²) < 4.78 is 4.80. The van der Waals surface area contributed by atoms with Crippen LogP contribution in [-0.2, 0) is 14.3 Å². The quantitative estimate of drug-likeness (QED) is 0.739. The summed E-state index contributed by atoms with van der Waals surface area (Å²) in [5.41, 5.74) is 5.58. The topological polar surface area (TPSA) is 84.7 Å². The van der Waals surface area contributed by atoms with Gasteiger partial charge in [-0.05, 0) is 12.8 Å². The first kappa shape index (κ1) is 19.1. The van der Waals surface area contributed by atoms with Crippen LogP contribution in [0.2, 0.25) is 0 Å². The van der Waals surface area contributed by atoms with Crippen molar-refractivity contribution >= 4 is 24.2 Å². The number of nitrogens with two attached hydrogens (primary N) is 1. The minimum Gasteiger partial charge on any atom is -0.383 e. The molecule has 1 rings (SSSR count). The molecular weight excluding hydrogens is 282 g/mol. The highest BCUT2D eigenvalue weighted by molar-refractivity contribution is 5.85. The van der Waals surface area contributed by atoms with E-state index in [0.717, 1.165) is 25.9 Å². The Morgan fingerprint density at radius 2 is 1.85 bits per heavy atom. The first-order chi connectivity index (χ1) is 9.15. The number of hydrogen-bond donors (Lipinski definition) is 2. The monoisotopic (exact) mass is 307 g/mol. The minimum atomic E-state index is -0.668. The van der Waals surface area contributed by atoms with Crippen molar-refractivity contribution in [3.8, 4) is 0 Å². The Bertz CT molecular complexity index is 295. The van der Waals surface area contributed by atoms with Crippen LogP contribution in [0.5, 0.6) is 0 Å². The van der Waals surface area contributed by atoms with Crippen LogP contribution < -0.4 is 11.1 Å². The molecule has 1 unspecified atom stereocenters. The second-order valence-electron chi connectivity index (χ2n) is 4.90. The third kappa shape index (κ3) is 7.07. The zero-order valence-corrected chi connectivity index (χ0v) is 12.9. The van der Waals surface area contributed by atoms with Crippen molar-refractivity contribution in [1.82, 2.24) is 10.2 Å². The lowest BCUT2D eigenvalue weighted by atomic mass is 10.2. The van der Waals surface area contributed by atoms with Crippen LogP contribution in [-0.4, -0.2) is 56.1 Å². The Morgan fingerprint density at radius 1 is 1.25 bits per heavy atom. The van der Waals surface area contributed by atoms with Gasteiger partial charge in [0.15, 0.2) is 0 Å². The first-order valence-electron chi connectivity index (χ1n) is 6.95. The summed E-state index contributed by atoms with van der Waals surface area (Å²) in [6, 6.07) is -0.668. The predicted octanol–water partition coefficient (Wildman–Crippen LogP) is 0.291. The summed E-state index contributed by atoms with van der Waals surface area (Å²) in [6.45, 7) is 2.21. The van der Waals surface area contributed by atoms with E-state index in [1.807, 2.05) is 4.90 Å². The zero-order chi connectivity index (χ0) is 14.1. The zero-order valence-electron chi connectivity index (χ0n) is 12.1. The van der Waals surface area contributed by atoms with Gasteiger partial charge in [-0.1, -0.05) is 12.8 Å². The van der Waals surface area contributed by atoms with Crippen LogP contribution >= 0.6 is 12.4 Å². The first-order valence-corrected chi connectivity index (χ1v) is 6.95. The van der Waals surface area contributed by atoms with Gasteiger partial charge in [0.2, 0.25) is 11.8 Å². The largest absolute Gasteiger partial charge is 0.383 e. The molecule has 0 radical (unpaired) electrons. The van der Waals surface area contributed by atoms with Gasteiger partial charge in [0.05, 0.1) is 6.61 Å². The number of amides is 2. The smallest absolute Gasteiger partial charge is 0.239 e. The maximum Gasteiger partial charge on any atom is 0.239 e. The number of rotatable bonds is 6. The van der Waals surface area contributed by atoms with Crippen LogP contribution in [0.15, 0.2) is 0 Å². The molecule has 0 aliphatic carbocycles. The van der Waals surface area contributed by atoms with E-state index in [9.17, 15) is 9.59 Å². The van der Waals surface area contributed by atoms with E-state index in [0.29, 0.717) is 13.0 Å². The van der Waals surface area contributed by atoms with Gasteiger partial charge in [-0.3, -0.25) is 9.59 Å². The van der Waals surface area contributed by atoms with Gasteiger partial charge in [-0.2, -0.15) is 0 Å². The Balaban J connectivity index is 0.00000361. The minimum absolute atomic E-state index is 0. The number of likely N-dealkylation sites (tertiary alicyclic amines) is 1. The fraction of sp³-hybridized carbons (Fsp3) is 0.846. The molecule has 1 aliphatic rings. The van der Waals surface area contributed by atoms with E-state index in [-0.39, 0.29) is 30.8 Å². The van der Waals surface area contributed by atoms with Crippen LogP contribution in [0.3, 0.4) is 0 Å². The lowest BCUT2D eigenvalue weighted by Gasteiger charge is -2.20. The highest BCUT2D eigenvalue weighted by Crippen LogP contribution is 2.10. The van der Waals surface area contributed by atoms with Gasteiger partial charge in [-0.25, -0.2) is 0 Å². The Morgan fingerprint density at radius 3 is 2.40 bits per heavy atom. The lowest BCUT2D eigenvalue weighted by Crippen LogP contribution is -2.44. The maximum absolute atomic E-state index is 11.9. The normalized spacial score (nSPS) is 16.8. The van der Waals surface area contributed by atoms with E-state index < -0.39 is 6.04 Å². The molecule has 1 heterocycles. The van der Waals surface area contributed by atoms with E-state index in [1.165, 1.54) is 20.0 Å². The van der Waals surface area contributed by atoms with Crippen molar-refractivity contribution in [2.24, 2.45) is 5.73 Å². The molecule has 0 aromatic heterocycles. The fourth-order valence-electron chi connectivity index (χ4n) is 2.16. The summed E-state index contributed by atoms with van der Waals surface area (Å²) in [6.07, 6.45) is 4.90. The number of nitrogens with one attached hydrogen (secondary N) is 1. The number of carbonyl (C=O) groups is 2. The molecule has 0 aromatic rings. The molecule has 0 spiro atoms. The van der Waals surface area contributed by atoms with Crippen molar-refractivity contribution in [2.45, 2.75) is 38.1 Å². The van der Waals surface area contributed by atoms with Crippen molar-refractivity contribution in [1.29, 1.82) is 0 Å². The molecule has 7 heteroatoms. The third-order valence-corrected chi connectivity index (χ3v) is 3.28. The van der Waals surface area contributed by atoms with Crippen LogP contribution in [0.1, 0.15) is 32.1 Å². The van der Waals surface area contributed by atoms with E-state index in [2.05, 4.69) is 5.32 Å². The number of methoxy groups -OCH3 is 1. The summed E-state index contributed by atoms with van der Waals surface area (Å²) in [4.78, 5) is 25.3. The SMILES string of the molecule is COCC(N)C(=O)NCCC(=O)N1CCCCCC1.Cl. The molecule has 0 aromatic carbocycles. The molecule has 3 N–H and O–H groups in total. The number of halogens is 1. The Kier molecular flexibility index (Phi) is 10.4. The lowest BCUT2D eigenvalue weighted by molar-refractivity contribution is -0.131. The van der Waals surface area contributed by atoms with Crippen LogP contribution in [0.4, 0.5) is 0 Å². The highest BCUT2D eigenvalue weighted by atomic mass is 35.5. The molecule has 0 bridgehead atoms. The van der Waals surface area contributed by atoms with E-state index in [1.54, 1.807) is 0 Å². The third-order valence-electron chi connectivity index (χ3n) is 3.28. The molecule has 0 saturated carbocycles. The van der Waals surface area contributed by atoms with E-state index >= 15 is 0 Å². The summed E-state index contributed by atoms with van der Waals surface area (Å²) in [5.74, 6) is -0.159. The molecule has 1 saturated heterocycles. The van der Waals surface area contributed by atoms with Crippen molar-refractivity contribution in [2.75, 3.05) is 33.4 Å². The van der Waals surface area contributed by atoms with Crippen molar-refractivity contribution in [3.05, 3.63) is 0 Å². The molecular formula is C13H26ClN3O3. The van der Waals surface area contributed by atoms with Gasteiger partial charge in [-0.15, -0.1) is 12.4 Å². The predicted molar refractivity (Wildman–Crippen MR) is 79.8 cm³/mol. The average molecular weight is 308 g/mol. The molecule has 20 heavy (non-hydrogen) atoms. The number of ether oxygens (including phenoxy) is 1. The highest BCUT2D eigenvalue weighted by Gasteiger charge is 2.16. The maximum atomic E-state index is 11.9. The molecule has 1 aliphatic heterocycles. The summed E-state index contributed by atoms with van der Waals surface area (Å²) in [7, 11) is 1.50. The molecule has 1 fully saturated rings. The second kappa shape index (κ2) is 10.9. The van der Waals surface area contributed by atoms with Gasteiger partial charge in [0.1, 0.15) is 6.04 Å². The standard InChI is InChI=1S/C13H25N3O3.ClH/c1-19-10-11(14)13(18)15-7-6-12(17)16-8-4-2-3-5-9-16;/h11H,2-10,14H2,1H3,(H,15,18);1H. The van der Waals surface area contributed by atoms with Gasteiger partial charge in [0, 0.05) is 33.2 Å². The van der Waals surface area contributed by atoms with Gasteiger partial charge in [0.25, 0.3) is 0 Å². The summed E-state index contributed by atoms with van der Waals surface area (Å²) in [5, 5.41) is 2.66. The van der Waals surface area contributed by atoms with Crippen LogP contribution in [0, 0.1) is 0 Å². The van der Waals surface area contributed by atoms with E-state index in [4.69, 9.17) is 10.5 Å². The summed E-state index contributed by atoms with van der Waals surface area (Å²) >= 11 is 0. The number of nitrogens with zero attached hydrogens (tertiary/aromatic N) is 1.